The van der Waals surface area contributed by atoms with Crippen LogP contribution >= 0.6 is 0 Å². The predicted octanol–water partition coefficient (Wildman–Crippen LogP) is -0.437. The largest absolute Gasteiger partial charge is 0.391 e. The number of amides is 1. The molecule has 4 nitrogen and oxygen atoms in total. The van der Waals surface area contributed by atoms with Gasteiger partial charge in [-0.2, -0.15) is 0 Å². The van der Waals surface area contributed by atoms with E-state index in [0.717, 1.165) is 0 Å². The van der Waals surface area contributed by atoms with Crippen LogP contribution in [0.5, 0.6) is 0 Å². The molecule has 1 aliphatic heterocycles. The van der Waals surface area contributed by atoms with Crippen molar-refractivity contribution in [2.45, 2.75) is 32.4 Å². The first-order valence-corrected chi connectivity index (χ1v) is 4.74. The van der Waals surface area contributed by atoms with Gasteiger partial charge in [-0.25, -0.2) is 0 Å². The Morgan fingerprint density at radius 2 is 2.23 bits per heavy atom. The lowest BCUT2D eigenvalue weighted by molar-refractivity contribution is -0.134. The Hall–Kier alpha value is -0.610. The first-order chi connectivity index (χ1) is 6.02. The highest BCUT2D eigenvalue weighted by Gasteiger charge is 2.28. The SMILES string of the molecule is CC(N)C(C)C(=O)N1CCC(O)C1. The highest BCUT2D eigenvalue weighted by Crippen LogP contribution is 2.13. The van der Waals surface area contributed by atoms with Crippen molar-refractivity contribution in [3.63, 3.8) is 0 Å². The third-order valence-corrected chi connectivity index (χ3v) is 2.65. The monoisotopic (exact) mass is 186 g/mol. The Morgan fingerprint density at radius 1 is 1.62 bits per heavy atom. The number of carbonyl (C=O) groups excluding carboxylic acids is 1. The fourth-order valence-corrected chi connectivity index (χ4v) is 1.45. The van der Waals surface area contributed by atoms with Crippen LogP contribution in [0.3, 0.4) is 0 Å². The van der Waals surface area contributed by atoms with Crippen molar-refractivity contribution in [3.05, 3.63) is 0 Å². The van der Waals surface area contributed by atoms with Gasteiger partial charge in [-0.05, 0) is 13.3 Å². The summed E-state index contributed by atoms with van der Waals surface area (Å²) in [6, 6.07) is -0.120. The zero-order valence-corrected chi connectivity index (χ0v) is 8.23. The van der Waals surface area contributed by atoms with E-state index in [2.05, 4.69) is 0 Å². The van der Waals surface area contributed by atoms with E-state index in [1.165, 1.54) is 0 Å². The number of hydrogen-bond acceptors (Lipinski definition) is 3. The first kappa shape index (κ1) is 10.5. The molecule has 4 heteroatoms. The molecule has 1 saturated heterocycles. The number of nitrogens with zero attached hydrogens (tertiary/aromatic N) is 1. The van der Waals surface area contributed by atoms with Gasteiger partial charge in [0.05, 0.1) is 12.0 Å². The average molecular weight is 186 g/mol. The number of hydrogen-bond donors (Lipinski definition) is 2. The van der Waals surface area contributed by atoms with Gasteiger partial charge in [0.2, 0.25) is 5.91 Å². The second-order valence-corrected chi connectivity index (χ2v) is 3.87. The van der Waals surface area contributed by atoms with Gasteiger partial charge in [0.1, 0.15) is 0 Å². The van der Waals surface area contributed by atoms with Crippen LogP contribution in [0.25, 0.3) is 0 Å². The van der Waals surface area contributed by atoms with Crippen molar-refractivity contribution in [1.29, 1.82) is 0 Å². The third-order valence-electron chi connectivity index (χ3n) is 2.65. The van der Waals surface area contributed by atoms with Crippen LogP contribution in [0, 0.1) is 5.92 Å². The van der Waals surface area contributed by atoms with Crippen LogP contribution in [0.15, 0.2) is 0 Å². The molecule has 1 rings (SSSR count). The van der Waals surface area contributed by atoms with Crippen LogP contribution in [0.4, 0.5) is 0 Å². The molecule has 1 heterocycles. The minimum Gasteiger partial charge on any atom is -0.391 e. The number of rotatable bonds is 2. The van der Waals surface area contributed by atoms with E-state index >= 15 is 0 Å². The fraction of sp³-hybridized carbons (Fsp3) is 0.889. The molecule has 0 saturated carbocycles. The predicted molar refractivity (Wildman–Crippen MR) is 50.0 cm³/mol. The summed E-state index contributed by atoms with van der Waals surface area (Å²) in [7, 11) is 0. The highest BCUT2D eigenvalue weighted by atomic mass is 16.3. The van der Waals surface area contributed by atoms with E-state index in [9.17, 15) is 9.90 Å². The summed E-state index contributed by atoms with van der Waals surface area (Å²) >= 11 is 0. The molecule has 0 radical (unpaired) electrons. The van der Waals surface area contributed by atoms with E-state index < -0.39 is 0 Å². The van der Waals surface area contributed by atoms with Crippen molar-refractivity contribution in [3.8, 4) is 0 Å². The van der Waals surface area contributed by atoms with Crippen LogP contribution in [-0.4, -0.2) is 41.1 Å². The Kier molecular flexibility index (Phi) is 3.27. The van der Waals surface area contributed by atoms with Gasteiger partial charge in [-0.1, -0.05) is 6.92 Å². The first-order valence-electron chi connectivity index (χ1n) is 4.74. The zero-order chi connectivity index (χ0) is 10.0. The molecule has 1 fully saturated rings. The number of likely N-dealkylation sites (tertiary alicyclic amines) is 1. The summed E-state index contributed by atoms with van der Waals surface area (Å²) in [5.74, 6) is -0.0862. The lowest BCUT2D eigenvalue weighted by atomic mass is 10.0. The van der Waals surface area contributed by atoms with Gasteiger partial charge in [0.25, 0.3) is 0 Å². The molecule has 3 N–H and O–H groups in total. The molecular weight excluding hydrogens is 168 g/mol. The minimum absolute atomic E-state index is 0.0616. The van der Waals surface area contributed by atoms with Crippen LogP contribution in [0.1, 0.15) is 20.3 Å². The molecule has 0 aromatic carbocycles. The molecule has 0 aromatic rings. The zero-order valence-electron chi connectivity index (χ0n) is 8.23. The van der Waals surface area contributed by atoms with Gasteiger partial charge in [0, 0.05) is 19.1 Å². The van der Waals surface area contributed by atoms with Crippen molar-refractivity contribution >= 4 is 5.91 Å². The second kappa shape index (κ2) is 4.07. The summed E-state index contributed by atoms with van der Waals surface area (Å²) in [5.41, 5.74) is 5.63. The van der Waals surface area contributed by atoms with Gasteiger partial charge in [-0.3, -0.25) is 4.79 Å². The summed E-state index contributed by atoms with van der Waals surface area (Å²) in [5, 5.41) is 9.24. The lowest BCUT2D eigenvalue weighted by Gasteiger charge is -2.22. The third kappa shape index (κ3) is 2.42. The smallest absolute Gasteiger partial charge is 0.227 e. The summed E-state index contributed by atoms with van der Waals surface area (Å²) in [6.07, 6.45) is 0.349. The van der Waals surface area contributed by atoms with E-state index in [1.807, 2.05) is 13.8 Å². The van der Waals surface area contributed by atoms with E-state index in [1.54, 1.807) is 4.90 Å². The number of carbonyl (C=O) groups is 1. The van der Waals surface area contributed by atoms with E-state index in [-0.39, 0.29) is 24.0 Å². The van der Waals surface area contributed by atoms with Crippen molar-refractivity contribution in [2.75, 3.05) is 13.1 Å². The topological polar surface area (TPSA) is 66.6 Å². The summed E-state index contributed by atoms with van der Waals surface area (Å²) in [4.78, 5) is 13.4. The second-order valence-electron chi connectivity index (χ2n) is 3.87. The maximum Gasteiger partial charge on any atom is 0.227 e. The average Bonchev–Trinajstić information content (AvgIpc) is 2.49. The Morgan fingerprint density at radius 3 is 2.62 bits per heavy atom. The molecule has 0 aliphatic carbocycles. The fourth-order valence-electron chi connectivity index (χ4n) is 1.45. The molecule has 1 aliphatic rings. The lowest BCUT2D eigenvalue weighted by Crippen LogP contribution is -2.40. The number of aliphatic hydroxyl groups is 1. The molecule has 76 valence electrons. The van der Waals surface area contributed by atoms with Gasteiger partial charge in [-0.15, -0.1) is 0 Å². The molecule has 0 bridgehead atoms. The molecule has 13 heavy (non-hydrogen) atoms. The van der Waals surface area contributed by atoms with Crippen LogP contribution in [0.2, 0.25) is 0 Å². The van der Waals surface area contributed by atoms with Crippen LogP contribution < -0.4 is 5.73 Å². The van der Waals surface area contributed by atoms with Crippen molar-refractivity contribution in [2.24, 2.45) is 11.7 Å². The molecule has 1 amide bonds. The Bertz CT molecular complexity index is 194. The molecular formula is C9H18N2O2. The van der Waals surface area contributed by atoms with Crippen molar-refractivity contribution < 1.29 is 9.90 Å². The van der Waals surface area contributed by atoms with Crippen molar-refractivity contribution in [1.82, 2.24) is 4.90 Å². The van der Waals surface area contributed by atoms with E-state index in [4.69, 9.17) is 5.73 Å². The number of aliphatic hydroxyl groups excluding tert-OH is 1. The minimum atomic E-state index is -0.343. The molecule has 0 spiro atoms. The van der Waals surface area contributed by atoms with Crippen LogP contribution in [-0.2, 0) is 4.79 Å². The number of nitrogens with two attached hydrogens (primary N) is 1. The van der Waals surface area contributed by atoms with E-state index in [0.29, 0.717) is 19.5 Å². The van der Waals surface area contributed by atoms with Gasteiger partial charge < -0.3 is 15.7 Å². The molecule has 0 aromatic heterocycles. The summed E-state index contributed by atoms with van der Waals surface area (Å²) in [6.45, 7) is 4.79. The molecule has 3 unspecified atom stereocenters. The Labute approximate surface area is 78.7 Å². The maximum absolute atomic E-state index is 11.7. The number of β-amino-alcohol motifs (C(OH)–C–C–N with tert-alkyl or cyclic N) is 1. The maximum atomic E-state index is 11.7. The normalized spacial score (nSPS) is 27.4. The Balaban J connectivity index is 2.48. The summed E-state index contributed by atoms with van der Waals surface area (Å²) < 4.78 is 0. The highest BCUT2D eigenvalue weighted by molar-refractivity contribution is 5.79. The standard InChI is InChI=1S/C9H18N2O2/c1-6(7(2)10)9(13)11-4-3-8(12)5-11/h6-8,12H,3-5,10H2,1-2H3. The quantitative estimate of drug-likeness (QED) is 0.614. The van der Waals surface area contributed by atoms with Gasteiger partial charge in [0.15, 0.2) is 0 Å². The molecule has 3 atom stereocenters. The van der Waals surface area contributed by atoms with Gasteiger partial charge >= 0.3 is 0 Å².